The van der Waals surface area contributed by atoms with E-state index in [2.05, 4.69) is 10.6 Å². The molecule has 0 bridgehead atoms. The molecule has 2 amide bonds. The normalized spacial score (nSPS) is 16.4. The van der Waals surface area contributed by atoms with Crippen molar-refractivity contribution < 1.29 is 14.3 Å². The van der Waals surface area contributed by atoms with E-state index in [0.29, 0.717) is 28.4 Å². The Morgan fingerprint density at radius 2 is 1.76 bits per heavy atom. The van der Waals surface area contributed by atoms with E-state index in [-0.39, 0.29) is 17.9 Å². The third-order valence-corrected chi connectivity index (χ3v) is 4.38. The lowest BCUT2D eigenvalue weighted by molar-refractivity contribution is 0.0858. The van der Waals surface area contributed by atoms with Gasteiger partial charge in [-0.3, -0.25) is 9.59 Å². The van der Waals surface area contributed by atoms with Gasteiger partial charge < -0.3 is 15.4 Å². The Bertz CT molecular complexity index is 773. The van der Waals surface area contributed by atoms with Crippen molar-refractivity contribution >= 4 is 29.1 Å². The predicted octanol–water partition coefficient (Wildman–Crippen LogP) is 3.50. The summed E-state index contributed by atoms with van der Waals surface area (Å²) in [7, 11) is 0. The molecule has 1 fully saturated rings. The second-order valence-electron chi connectivity index (χ2n) is 5.82. The molecule has 0 aliphatic carbocycles. The molecule has 1 saturated heterocycles. The highest BCUT2D eigenvalue weighted by molar-refractivity contribution is 6.34. The highest BCUT2D eigenvalue weighted by Crippen LogP contribution is 2.20. The number of benzene rings is 2. The maximum atomic E-state index is 12.5. The molecule has 3 rings (SSSR count). The molecule has 0 aromatic heterocycles. The van der Waals surface area contributed by atoms with Crippen molar-refractivity contribution in [1.29, 1.82) is 0 Å². The molecular weight excluding hydrogens is 340 g/mol. The molecule has 1 aliphatic heterocycles. The van der Waals surface area contributed by atoms with Crippen molar-refractivity contribution in [1.82, 2.24) is 5.32 Å². The fourth-order valence-electron chi connectivity index (χ4n) is 2.73. The van der Waals surface area contributed by atoms with Gasteiger partial charge in [0.15, 0.2) is 0 Å². The van der Waals surface area contributed by atoms with Gasteiger partial charge >= 0.3 is 0 Å². The summed E-state index contributed by atoms with van der Waals surface area (Å²) in [6, 6.07) is 13.7. The predicted molar refractivity (Wildman–Crippen MR) is 97.2 cm³/mol. The molecule has 2 N–H and O–H groups in total. The fourth-order valence-corrected chi connectivity index (χ4v) is 2.95. The first-order valence-corrected chi connectivity index (χ1v) is 8.57. The average molecular weight is 359 g/mol. The molecule has 25 heavy (non-hydrogen) atoms. The van der Waals surface area contributed by atoms with Gasteiger partial charge in [0.2, 0.25) is 0 Å². The van der Waals surface area contributed by atoms with Crippen LogP contribution in [0.25, 0.3) is 0 Å². The van der Waals surface area contributed by atoms with E-state index in [1.165, 1.54) is 0 Å². The topological polar surface area (TPSA) is 67.4 Å². The number of halogens is 1. The summed E-state index contributed by atoms with van der Waals surface area (Å²) >= 11 is 6.06. The number of ether oxygens (including phenoxy) is 1. The number of rotatable bonds is 5. The smallest absolute Gasteiger partial charge is 0.257 e. The maximum Gasteiger partial charge on any atom is 0.257 e. The average Bonchev–Trinajstić information content (AvgIpc) is 3.14. The molecule has 0 radical (unpaired) electrons. The zero-order chi connectivity index (χ0) is 17.6. The van der Waals surface area contributed by atoms with Crippen LogP contribution in [0.5, 0.6) is 0 Å². The second-order valence-corrected chi connectivity index (χ2v) is 6.23. The van der Waals surface area contributed by atoms with Gasteiger partial charge in [0.05, 0.1) is 27.9 Å². The summed E-state index contributed by atoms with van der Waals surface area (Å²) in [6.45, 7) is 1.21. The van der Waals surface area contributed by atoms with Crippen LogP contribution in [0, 0.1) is 0 Å². The van der Waals surface area contributed by atoms with Crippen LogP contribution in [-0.2, 0) is 4.74 Å². The van der Waals surface area contributed by atoms with Gasteiger partial charge in [0.25, 0.3) is 11.8 Å². The zero-order valence-corrected chi connectivity index (χ0v) is 14.4. The van der Waals surface area contributed by atoms with E-state index in [1.807, 2.05) is 0 Å². The number of nitrogens with one attached hydrogen (secondary N) is 2. The maximum absolute atomic E-state index is 12.5. The summed E-state index contributed by atoms with van der Waals surface area (Å²) in [6.07, 6.45) is 2.03. The first-order valence-electron chi connectivity index (χ1n) is 8.20. The number of carbonyl (C=O) groups is 2. The van der Waals surface area contributed by atoms with E-state index in [1.54, 1.807) is 48.5 Å². The molecular formula is C19H19ClN2O3. The lowest BCUT2D eigenvalue weighted by atomic mass is 10.1. The van der Waals surface area contributed by atoms with Crippen LogP contribution in [0.3, 0.4) is 0 Å². The molecule has 6 heteroatoms. The standard InChI is InChI=1S/C19H19ClN2O3/c20-16-9-3-1-7-14(16)19(24)22-17-10-4-2-8-15(17)18(23)21-12-13-6-5-11-25-13/h1-4,7-10,13H,5-6,11-12H2,(H,21,23)(H,22,24). The number of anilines is 1. The zero-order valence-electron chi connectivity index (χ0n) is 13.6. The first-order chi connectivity index (χ1) is 12.1. The lowest BCUT2D eigenvalue weighted by Gasteiger charge is -2.14. The minimum Gasteiger partial charge on any atom is -0.376 e. The third-order valence-electron chi connectivity index (χ3n) is 4.05. The van der Waals surface area contributed by atoms with Gasteiger partial charge in [-0.05, 0) is 37.1 Å². The number of hydrogen-bond donors (Lipinski definition) is 2. The molecule has 0 spiro atoms. The number of amides is 2. The Morgan fingerprint density at radius 3 is 2.48 bits per heavy atom. The summed E-state index contributed by atoms with van der Waals surface area (Å²) < 4.78 is 5.51. The Morgan fingerprint density at radius 1 is 1.04 bits per heavy atom. The van der Waals surface area contributed by atoms with Crippen LogP contribution in [0.1, 0.15) is 33.6 Å². The number of carbonyl (C=O) groups excluding carboxylic acids is 2. The van der Waals surface area contributed by atoms with Crippen molar-refractivity contribution in [2.24, 2.45) is 0 Å². The Labute approximate surface area is 151 Å². The minimum atomic E-state index is -0.357. The molecule has 1 unspecified atom stereocenters. The summed E-state index contributed by atoms with van der Waals surface area (Å²) in [5.41, 5.74) is 1.21. The van der Waals surface area contributed by atoms with E-state index in [4.69, 9.17) is 16.3 Å². The van der Waals surface area contributed by atoms with E-state index >= 15 is 0 Å². The Balaban J connectivity index is 1.71. The molecule has 2 aromatic rings. The number of para-hydroxylation sites is 1. The van der Waals surface area contributed by atoms with Gasteiger partial charge in [-0.2, -0.15) is 0 Å². The summed E-state index contributed by atoms with van der Waals surface area (Å²) in [5, 5.41) is 5.99. The van der Waals surface area contributed by atoms with Crippen molar-refractivity contribution in [3.05, 3.63) is 64.7 Å². The summed E-state index contributed by atoms with van der Waals surface area (Å²) in [5.74, 6) is -0.601. The second kappa shape index (κ2) is 8.14. The van der Waals surface area contributed by atoms with E-state index in [9.17, 15) is 9.59 Å². The monoisotopic (exact) mass is 358 g/mol. The van der Waals surface area contributed by atoms with Gasteiger partial charge in [-0.15, -0.1) is 0 Å². The fraction of sp³-hybridized carbons (Fsp3) is 0.263. The molecule has 0 saturated carbocycles. The SMILES string of the molecule is O=C(Nc1ccccc1C(=O)NCC1CCCO1)c1ccccc1Cl. The van der Waals surface area contributed by atoms with E-state index in [0.717, 1.165) is 19.4 Å². The summed E-state index contributed by atoms with van der Waals surface area (Å²) in [4.78, 5) is 24.9. The minimum absolute atomic E-state index is 0.0637. The van der Waals surface area contributed by atoms with Crippen LogP contribution in [-0.4, -0.2) is 31.1 Å². The molecule has 5 nitrogen and oxygen atoms in total. The molecule has 1 heterocycles. The van der Waals surface area contributed by atoms with E-state index < -0.39 is 0 Å². The van der Waals surface area contributed by atoms with Crippen LogP contribution < -0.4 is 10.6 Å². The quantitative estimate of drug-likeness (QED) is 0.859. The third kappa shape index (κ3) is 4.38. The lowest BCUT2D eigenvalue weighted by Crippen LogP contribution is -2.32. The van der Waals surface area contributed by atoms with Crippen molar-refractivity contribution in [3.63, 3.8) is 0 Å². The van der Waals surface area contributed by atoms with Crippen LogP contribution in [0.15, 0.2) is 48.5 Å². The van der Waals surface area contributed by atoms with Crippen LogP contribution in [0.2, 0.25) is 5.02 Å². The molecule has 2 aromatic carbocycles. The van der Waals surface area contributed by atoms with Crippen LogP contribution >= 0.6 is 11.6 Å². The number of hydrogen-bond acceptors (Lipinski definition) is 3. The van der Waals surface area contributed by atoms with Crippen LogP contribution in [0.4, 0.5) is 5.69 Å². The first kappa shape index (κ1) is 17.5. The highest BCUT2D eigenvalue weighted by atomic mass is 35.5. The van der Waals surface area contributed by atoms with Gasteiger partial charge in [-0.1, -0.05) is 35.9 Å². The highest BCUT2D eigenvalue weighted by Gasteiger charge is 2.19. The van der Waals surface area contributed by atoms with Crippen molar-refractivity contribution in [2.75, 3.05) is 18.5 Å². The van der Waals surface area contributed by atoms with Gasteiger partial charge in [0, 0.05) is 13.2 Å². The Kier molecular flexibility index (Phi) is 5.68. The van der Waals surface area contributed by atoms with Crippen molar-refractivity contribution in [3.8, 4) is 0 Å². The van der Waals surface area contributed by atoms with Crippen molar-refractivity contribution in [2.45, 2.75) is 18.9 Å². The Hall–Kier alpha value is -2.37. The molecule has 130 valence electrons. The van der Waals surface area contributed by atoms with Gasteiger partial charge in [0.1, 0.15) is 0 Å². The molecule has 1 atom stereocenters. The molecule has 1 aliphatic rings. The largest absolute Gasteiger partial charge is 0.376 e. The van der Waals surface area contributed by atoms with Gasteiger partial charge in [-0.25, -0.2) is 0 Å².